The molecule has 0 amide bonds. The smallest absolute Gasteiger partial charge is 0.433 e. The Bertz CT molecular complexity index is 853. The first-order chi connectivity index (χ1) is 25.7. The third-order valence-corrected chi connectivity index (χ3v) is 10.1. The van der Waals surface area contributed by atoms with Crippen LogP contribution in [0.25, 0.3) is 0 Å². The van der Waals surface area contributed by atoms with Crippen molar-refractivity contribution >= 4 is 6.16 Å². The summed E-state index contributed by atoms with van der Waals surface area (Å²) in [5.74, 6) is 0. The van der Waals surface area contributed by atoms with Gasteiger partial charge in [-0.15, -0.1) is 0 Å². The standard InChI is InChI=1S/C48H90N2O3/c1-8-10-12-14-16-18-20-22-24-26-28-30-32-34-36-38-40-46(53-47(51)52-45-44-50(48(3,4)5)43-42-49(6)7)41-39-37-35-33-31-29-27-25-23-21-19-17-15-13-11-9-2/h16-19,22-25,46H,8-15,20-21,26-45H2,1-7H3/b18-16-,19-17-,24-22-,25-23-. The van der Waals surface area contributed by atoms with Crippen molar-refractivity contribution in [2.45, 2.75) is 213 Å². The van der Waals surface area contributed by atoms with E-state index in [0.29, 0.717) is 6.61 Å². The fraction of sp³-hybridized carbons (Fsp3) is 0.812. The van der Waals surface area contributed by atoms with Crippen LogP contribution >= 0.6 is 0 Å². The van der Waals surface area contributed by atoms with Crippen molar-refractivity contribution in [2.75, 3.05) is 40.3 Å². The first-order valence-corrected chi connectivity index (χ1v) is 22.5. The molecule has 0 aliphatic heterocycles. The number of carbonyl (C=O) groups excluding carboxylic acids is 1. The number of carbonyl (C=O) groups is 1. The molecular weight excluding hydrogens is 653 g/mol. The Morgan fingerprint density at radius 1 is 0.528 bits per heavy atom. The minimum Gasteiger partial charge on any atom is -0.433 e. The van der Waals surface area contributed by atoms with Gasteiger partial charge in [0.1, 0.15) is 12.7 Å². The number of allylic oxidation sites excluding steroid dienone is 8. The largest absolute Gasteiger partial charge is 0.508 e. The Morgan fingerprint density at radius 3 is 1.32 bits per heavy atom. The fourth-order valence-electron chi connectivity index (χ4n) is 6.50. The van der Waals surface area contributed by atoms with Crippen molar-refractivity contribution in [1.82, 2.24) is 9.80 Å². The Hall–Kier alpha value is -1.85. The molecule has 0 radical (unpaired) electrons. The lowest BCUT2D eigenvalue weighted by atomic mass is 10.0. The van der Waals surface area contributed by atoms with E-state index in [1.165, 1.54) is 128 Å². The highest BCUT2D eigenvalue weighted by Gasteiger charge is 2.22. The molecule has 0 aromatic carbocycles. The lowest BCUT2D eigenvalue weighted by Gasteiger charge is -2.36. The van der Waals surface area contributed by atoms with Crippen molar-refractivity contribution in [3.05, 3.63) is 48.6 Å². The Kier molecular flexibility index (Phi) is 37.1. The molecule has 5 heteroatoms. The molecule has 0 aliphatic rings. The van der Waals surface area contributed by atoms with E-state index in [0.717, 1.165) is 58.2 Å². The molecule has 53 heavy (non-hydrogen) atoms. The quantitative estimate of drug-likeness (QED) is 0.0360. The molecule has 0 aromatic rings. The molecule has 310 valence electrons. The molecule has 0 saturated carbocycles. The SMILES string of the molecule is CCCCC/C=C\C/C=C\CCCCCCCCC(CCCCCCCC/C=C\C/C=C\CCCCC)OC(=O)OCCN(CCN(C)C)C(C)(C)C. The van der Waals surface area contributed by atoms with Gasteiger partial charge in [0.15, 0.2) is 0 Å². The summed E-state index contributed by atoms with van der Waals surface area (Å²) in [6.45, 7) is 14.2. The molecule has 0 atom stereocenters. The number of rotatable bonds is 37. The minimum absolute atomic E-state index is 0.0227. The van der Waals surface area contributed by atoms with Crippen molar-refractivity contribution in [3.8, 4) is 0 Å². The van der Waals surface area contributed by atoms with Gasteiger partial charge in [0.05, 0.1) is 0 Å². The molecule has 5 nitrogen and oxygen atoms in total. The summed E-state index contributed by atoms with van der Waals surface area (Å²) in [7, 11) is 4.19. The first kappa shape index (κ1) is 51.1. The van der Waals surface area contributed by atoms with Gasteiger partial charge in [-0.05, 0) is 125 Å². The van der Waals surface area contributed by atoms with Crippen LogP contribution in [0.3, 0.4) is 0 Å². The van der Waals surface area contributed by atoms with Crippen LogP contribution in [0.5, 0.6) is 0 Å². The Morgan fingerprint density at radius 2 is 0.925 bits per heavy atom. The third kappa shape index (κ3) is 38.2. The summed E-state index contributed by atoms with van der Waals surface area (Å²) in [5.41, 5.74) is 0.0227. The number of hydrogen-bond acceptors (Lipinski definition) is 5. The molecule has 0 N–H and O–H groups in total. The maximum atomic E-state index is 12.8. The van der Waals surface area contributed by atoms with Crippen LogP contribution in [0.4, 0.5) is 4.79 Å². The van der Waals surface area contributed by atoms with Crippen molar-refractivity contribution < 1.29 is 14.3 Å². The molecule has 0 heterocycles. The van der Waals surface area contributed by atoms with Crippen LogP contribution in [0.2, 0.25) is 0 Å². The zero-order chi connectivity index (χ0) is 39.1. The predicted molar refractivity (Wildman–Crippen MR) is 234 cm³/mol. The topological polar surface area (TPSA) is 42.0 Å². The molecule has 0 rings (SSSR count). The normalized spacial score (nSPS) is 12.7. The van der Waals surface area contributed by atoms with E-state index in [-0.39, 0.29) is 11.6 Å². The highest BCUT2D eigenvalue weighted by atomic mass is 16.7. The van der Waals surface area contributed by atoms with Gasteiger partial charge in [-0.3, -0.25) is 4.90 Å². The van der Waals surface area contributed by atoms with Gasteiger partial charge in [0.2, 0.25) is 0 Å². The number of ether oxygens (including phenoxy) is 2. The fourth-order valence-corrected chi connectivity index (χ4v) is 6.50. The minimum atomic E-state index is -0.489. The molecule has 0 saturated heterocycles. The molecule has 0 unspecified atom stereocenters. The second-order valence-electron chi connectivity index (χ2n) is 16.5. The zero-order valence-corrected chi connectivity index (χ0v) is 36.5. The zero-order valence-electron chi connectivity index (χ0n) is 36.5. The van der Waals surface area contributed by atoms with E-state index in [4.69, 9.17) is 9.47 Å². The summed E-state index contributed by atoms with van der Waals surface area (Å²) < 4.78 is 11.6. The molecular formula is C48H90N2O3. The van der Waals surface area contributed by atoms with Gasteiger partial charge in [0, 0.05) is 25.2 Å². The average molecular weight is 743 g/mol. The van der Waals surface area contributed by atoms with Crippen molar-refractivity contribution in [1.29, 1.82) is 0 Å². The van der Waals surface area contributed by atoms with Crippen LogP contribution in [-0.2, 0) is 9.47 Å². The summed E-state index contributed by atoms with van der Waals surface area (Å²) in [5, 5.41) is 0. The number of hydrogen-bond donors (Lipinski definition) is 0. The van der Waals surface area contributed by atoms with E-state index >= 15 is 0 Å². The summed E-state index contributed by atoms with van der Waals surface area (Å²) in [4.78, 5) is 17.4. The lowest BCUT2D eigenvalue weighted by molar-refractivity contribution is 0.00563. The number of unbranched alkanes of at least 4 members (excludes halogenated alkanes) is 18. The van der Waals surface area contributed by atoms with E-state index in [1.54, 1.807) is 0 Å². The Balaban J connectivity index is 4.43. The number of nitrogens with zero attached hydrogens (tertiary/aromatic N) is 2. The van der Waals surface area contributed by atoms with Crippen molar-refractivity contribution in [2.24, 2.45) is 0 Å². The van der Waals surface area contributed by atoms with Crippen molar-refractivity contribution in [3.63, 3.8) is 0 Å². The van der Waals surface area contributed by atoms with E-state index in [1.807, 2.05) is 0 Å². The first-order valence-electron chi connectivity index (χ1n) is 22.5. The number of likely N-dealkylation sites (N-methyl/N-ethyl adjacent to an activating group) is 1. The molecule has 0 fully saturated rings. The third-order valence-electron chi connectivity index (χ3n) is 10.1. The van der Waals surface area contributed by atoms with Gasteiger partial charge >= 0.3 is 6.16 Å². The van der Waals surface area contributed by atoms with Gasteiger partial charge in [-0.2, -0.15) is 0 Å². The monoisotopic (exact) mass is 743 g/mol. The van der Waals surface area contributed by atoms with E-state index in [2.05, 4.69) is 107 Å². The summed E-state index contributed by atoms with van der Waals surface area (Å²) in [6, 6.07) is 0. The molecule has 0 bridgehead atoms. The van der Waals surface area contributed by atoms with Crippen LogP contribution < -0.4 is 0 Å². The van der Waals surface area contributed by atoms with Gasteiger partial charge in [-0.1, -0.05) is 140 Å². The highest BCUT2D eigenvalue weighted by Crippen LogP contribution is 2.19. The maximum Gasteiger partial charge on any atom is 0.508 e. The Labute approximate surface area is 331 Å². The predicted octanol–water partition coefficient (Wildman–Crippen LogP) is 14.6. The second-order valence-corrected chi connectivity index (χ2v) is 16.5. The highest BCUT2D eigenvalue weighted by molar-refractivity contribution is 5.60. The van der Waals surface area contributed by atoms with Crippen LogP contribution in [0.1, 0.15) is 202 Å². The van der Waals surface area contributed by atoms with E-state index in [9.17, 15) is 4.79 Å². The van der Waals surface area contributed by atoms with Gasteiger partial charge in [-0.25, -0.2) is 4.79 Å². The average Bonchev–Trinajstić information content (AvgIpc) is 3.11. The summed E-state index contributed by atoms with van der Waals surface area (Å²) in [6.07, 6.45) is 49.9. The second kappa shape index (κ2) is 38.4. The molecule has 0 spiro atoms. The maximum absolute atomic E-state index is 12.8. The van der Waals surface area contributed by atoms with Gasteiger partial charge < -0.3 is 14.4 Å². The molecule has 0 aliphatic carbocycles. The van der Waals surface area contributed by atoms with Crippen LogP contribution in [0, 0.1) is 0 Å². The van der Waals surface area contributed by atoms with Crippen LogP contribution in [-0.4, -0.2) is 67.9 Å². The lowest BCUT2D eigenvalue weighted by Crippen LogP contribution is -2.46. The van der Waals surface area contributed by atoms with Crippen LogP contribution in [0.15, 0.2) is 48.6 Å². The van der Waals surface area contributed by atoms with E-state index < -0.39 is 6.16 Å². The molecule has 0 aromatic heterocycles. The summed E-state index contributed by atoms with van der Waals surface area (Å²) >= 11 is 0. The van der Waals surface area contributed by atoms with Gasteiger partial charge in [0.25, 0.3) is 0 Å².